The molecular weight excluding hydrogens is 384 g/mol. The molecule has 0 radical (unpaired) electrons. The minimum absolute atomic E-state index is 0.0692. The molecule has 146 valence electrons. The highest BCUT2D eigenvalue weighted by molar-refractivity contribution is 7.89. The number of hydrogen-bond donors (Lipinski definition) is 0. The molecule has 1 atom stereocenters. The quantitative estimate of drug-likeness (QED) is 0.689. The van der Waals surface area contributed by atoms with Gasteiger partial charge in [0.1, 0.15) is 0 Å². The number of carbonyl (C=O) groups is 1. The van der Waals surface area contributed by atoms with Crippen molar-refractivity contribution < 1.29 is 13.2 Å². The maximum Gasteiger partial charge on any atom is 0.255 e. The van der Waals surface area contributed by atoms with Gasteiger partial charge >= 0.3 is 0 Å². The van der Waals surface area contributed by atoms with Crippen LogP contribution in [0.3, 0.4) is 0 Å². The molecule has 1 amide bonds. The van der Waals surface area contributed by atoms with Crippen molar-refractivity contribution in [1.82, 2.24) is 9.21 Å². The zero-order chi connectivity index (χ0) is 20.2. The normalized spacial score (nSPS) is 12.8. The molecule has 5 nitrogen and oxygen atoms in total. The molecule has 0 N–H and O–H groups in total. The van der Waals surface area contributed by atoms with Crippen LogP contribution in [0.25, 0.3) is 0 Å². The van der Waals surface area contributed by atoms with Crippen LogP contribution in [0.1, 0.15) is 42.7 Å². The molecule has 0 aliphatic heterocycles. The molecule has 0 fully saturated rings. The second-order valence-corrected chi connectivity index (χ2v) is 8.58. The summed E-state index contributed by atoms with van der Waals surface area (Å²) in [5.41, 5.74) is 1.16. The van der Waals surface area contributed by atoms with Gasteiger partial charge < -0.3 is 4.90 Å². The fourth-order valence-corrected chi connectivity index (χ4v) is 4.55. The first kappa shape index (κ1) is 21.4. The minimum Gasteiger partial charge on any atom is -0.335 e. The molecule has 0 bridgehead atoms. The number of amides is 1. The number of nitrogens with zero attached hydrogens (tertiary/aromatic N) is 2. The largest absolute Gasteiger partial charge is 0.335 e. The van der Waals surface area contributed by atoms with E-state index in [-0.39, 0.29) is 27.4 Å². The Bertz CT molecular complexity index is 897. The van der Waals surface area contributed by atoms with Crippen LogP contribution in [-0.2, 0) is 10.0 Å². The Kier molecular flexibility index (Phi) is 7.03. The summed E-state index contributed by atoms with van der Waals surface area (Å²) in [6.07, 6.45) is 0. The predicted molar refractivity (Wildman–Crippen MR) is 109 cm³/mol. The van der Waals surface area contributed by atoms with Gasteiger partial charge in [-0.1, -0.05) is 55.8 Å². The molecule has 7 heteroatoms. The third-order valence-corrected chi connectivity index (χ3v) is 7.07. The molecular formula is C20H25ClN2O3S. The molecule has 27 heavy (non-hydrogen) atoms. The van der Waals surface area contributed by atoms with Gasteiger partial charge in [0.05, 0.1) is 21.5 Å². The molecule has 0 spiro atoms. The molecule has 0 aliphatic rings. The van der Waals surface area contributed by atoms with Crippen LogP contribution in [0.15, 0.2) is 53.4 Å². The van der Waals surface area contributed by atoms with Gasteiger partial charge in [-0.3, -0.25) is 4.79 Å². The lowest BCUT2D eigenvalue weighted by Crippen LogP contribution is -2.32. The Morgan fingerprint density at radius 1 is 1.07 bits per heavy atom. The van der Waals surface area contributed by atoms with Crippen molar-refractivity contribution in [2.45, 2.75) is 31.7 Å². The zero-order valence-electron chi connectivity index (χ0n) is 16.0. The first-order valence-electron chi connectivity index (χ1n) is 8.85. The van der Waals surface area contributed by atoms with Gasteiger partial charge in [0.2, 0.25) is 10.0 Å². The maximum absolute atomic E-state index is 13.0. The summed E-state index contributed by atoms with van der Waals surface area (Å²) in [6, 6.07) is 13.7. The average molecular weight is 409 g/mol. The zero-order valence-corrected chi connectivity index (χ0v) is 17.6. The Morgan fingerprint density at radius 2 is 1.67 bits per heavy atom. The van der Waals surface area contributed by atoms with Crippen molar-refractivity contribution in [2.24, 2.45) is 0 Å². The smallest absolute Gasteiger partial charge is 0.255 e. The number of benzene rings is 2. The highest BCUT2D eigenvalue weighted by Gasteiger charge is 2.26. The summed E-state index contributed by atoms with van der Waals surface area (Å²) in [5, 5.41) is 0.227. The monoisotopic (exact) mass is 408 g/mol. The summed E-state index contributed by atoms with van der Waals surface area (Å²) >= 11 is 6.23. The van der Waals surface area contributed by atoms with Crippen molar-refractivity contribution in [3.63, 3.8) is 0 Å². The van der Waals surface area contributed by atoms with Crippen molar-refractivity contribution >= 4 is 27.5 Å². The molecule has 0 saturated carbocycles. The van der Waals surface area contributed by atoms with E-state index in [2.05, 4.69) is 0 Å². The van der Waals surface area contributed by atoms with Crippen LogP contribution in [0.2, 0.25) is 5.02 Å². The number of sulfonamides is 1. The van der Waals surface area contributed by atoms with Crippen LogP contribution >= 0.6 is 11.6 Å². The standard InChI is InChI=1S/C20H25ClN2O3S/c1-5-23(6-2)27(25,26)17-12-13-19(21)18(14-17)20(24)22(4)15(3)16-10-8-7-9-11-16/h7-15H,5-6H2,1-4H3. The summed E-state index contributed by atoms with van der Waals surface area (Å²) < 4.78 is 26.9. The molecule has 1 unspecified atom stereocenters. The number of rotatable bonds is 7. The van der Waals surface area contributed by atoms with E-state index in [1.165, 1.54) is 22.5 Å². The van der Waals surface area contributed by atoms with E-state index in [0.717, 1.165) is 5.56 Å². The Morgan fingerprint density at radius 3 is 2.22 bits per heavy atom. The predicted octanol–water partition coefficient (Wildman–Crippen LogP) is 4.20. The van der Waals surface area contributed by atoms with E-state index < -0.39 is 10.0 Å². The maximum atomic E-state index is 13.0. The number of halogens is 1. The number of carbonyl (C=O) groups excluding carboxylic acids is 1. The minimum atomic E-state index is -3.67. The molecule has 2 aromatic carbocycles. The summed E-state index contributed by atoms with van der Waals surface area (Å²) in [4.78, 5) is 14.6. The van der Waals surface area contributed by atoms with Crippen molar-refractivity contribution in [1.29, 1.82) is 0 Å². The van der Waals surface area contributed by atoms with Crippen LogP contribution in [0.4, 0.5) is 0 Å². The van der Waals surface area contributed by atoms with Crippen molar-refractivity contribution in [3.05, 3.63) is 64.7 Å². The fourth-order valence-electron chi connectivity index (χ4n) is 2.86. The van der Waals surface area contributed by atoms with Gasteiger partial charge in [-0.25, -0.2) is 8.42 Å². The van der Waals surface area contributed by atoms with E-state index >= 15 is 0 Å². The fraction of sp³-hybridized carbons (Fsp3) is 0.350. The Balaban J connectivity index is 2.39. The third kappa shape index (κ3) is 4.51. The topological polar surface area (TPSA) is 57.7 Å². The second-order valence-electron chi connectivity index (χ2n) is 6.23. The highest BCUT2D eigenvalue weighted by atomic mass is 35.5. The summed E-state index contributed by atoms with van der Waals surface area (Å²) in [5.74, 6) is -0.326. The first-order chi connectivity index (χ1) is 12.7. The van der Waals surface area contributed by atoms with Crippen molar-refractivity contribution in [3.8, 4) is 0 Å². The first-order valence-corrected chi connectivity index (χ1v) is 10.7. The van der Waals surface area contributed by atoms with E-state index in [4.69, 9.17) is 11.6 Å². The van der Waals surface area contributed by atoms with E-state index in [0.29, 0.717) is 13.1 Å². The SMILES string of the molecule is CCN(CC)S(=O)(=O)c1ccc(Cl)c(C(=O)N(C)C(C)c2ccccc2)c1. The highest BCUT2D eigenvalue weighted by Crippen LogP contribution is 2.27. The van der Waals surface area contributed by atoms with Gasteiger partial charge in [-0.05, 0) is 30.7 Å². The van der Waals surface area contributed by atoms with Crippen LogP contribution in [0.5, 0.6) is 0 Å². The number of hydrogen-bond acceptors (Lipinski definition) is 3. The third-order valence-electron chi connectivity index (χ3n) is 4.69. The van der Waals surface area contributed by atoms with Crippen molar-refractivity contribution in [2.75, 3.05) is 20.1 Å². The van der Waals surface area contributed by atoms with Gasteiger partial charge in [-0.2, -0.15) is 4.31 Å². The van der Waals surface area contributed by atoms with Crippen LogP contribution < -0.4 is 0 Å². The summed E-state index contributed by atoms with van der Waals surface area (Å²) in [7, 11) is -1.99. The lowest BCUT2D eigenvalue weighted by atomic mass is 10.1. The van der Waals surface area contributed by atoms with E-state index in [9.17, 15) is 13.2 Å². The molecule has 2 rings (SSSR count). The van der Waals surface area contributed by atoms with E-state index in [1.54, 1.807) is 25.8 Å². The van der Waals surface area contributed by atoms with Gasteiger partial charge in [-0.15, -0.1) is 0 Å². The average Bonchev–Trinajstić information content (AvgIpc) is 2.67. The lowest BCUT2D eigenvalue weighted by molar-refractivity contribution is 0.0742. The molecule has 0 saturated heterocycles. The summed E-state index contributed by atoms with van der Waals surface area (Å²) in [6.45, 7) is 6.18. The van der Waals surface area contributed by atoms with Crippen LogP contribution in [-0.4, -0.2) is 43.7 Å². The van der Waals surface area contributed by atoms with Gasteiger partial charge in [0.15, 0.2) is 0 Å². The Hall–Kier alpha value is -1.89. The second kappa shape index (κ2) is 8.87. The van der Waals surface area contributed by atoms with Gasteiger partial charge in [0.25, 0.3) is 5.91 Å². The molecule has 2 aromatic rings. The lowest BCUT2D eigenvalue weighted by Gasteiger charge is -2.26. The molecule has 0 aliphatic carbocycles. The van der Waals surface area contributed by atoms with Gasteiger partial charge in [0, 0.05) is 20.1 Å². The molecule has 0 heterocycles. The molecule has 0 aromatic heterocycles. The van der Waals surface area contributed by atoms with Crippen LogP contribution in [0, 0.1) is 0 Å². The Labute approximate surface area is 166 Å². The van der Waals surface area contributed by atoms with E-state index in [1.807, 2.05) is 37.3 Å².